The average molecular weight is 270 g/mol. The van der Waals surface area contributed by atoms with Crippen LogP contribution in [0.25, 0.3) is 11.1 Å². The Kier molecular flexibility index (Phi) is 3.26. The van der Waals surface area contributed by atoms with E-state index in [1.165, 1.54) is 5.56 Å². The number of hydrogen-bond acceptors (Lipinski definition) is 3. The number of ether oxygens (including phenoxy) is 2. The van der Waals surface area contributed by atoms with Gasteiger partial charge in [-0.15, -0.1) is 0 Å². The molecule has 104 valence electrons. The normalized spacial score (nSPS) is 13.1. The van der Waals surface area contributed by atoms with Crippen molar-refractivity contribution in [1.82, 2.24) is 0 Å². The van der Waals surface area contributed by atoms with Crippen LogP contribution < -0.4 is 9.47 Å². The van der Waals surface area contributed by atoms with Crippen molar-refractivity contribution in [1.29, 1.82) is 0 Å². The van der Waals surface area contributed by atoms with E-state index >= 15 is 0 Å². The van der Waals surface area contributed by atoms with Gasteiger partial charge in [0.05, 0.1) is 14.2 Å². The van der Waals surface area contributed by atoms with Crippen LogP contribution in [0, 0.1) is 0 Å². The van der Waals surface area contributed by atoms with Crippen molar-refractivity contribution in [2.24, 2.45) is 0 Å². The quantitative estimate of drug-likeness (QED) is 0.906. The summed E-state index contributed by atoms with van der Waals surface area (Å²) < 4.78 is 11.0. The molecule has 0 heterocycles. The molecule has 2 aromatic rings. The van der Waals surface area contributed by atoms with Crippen LogP contribution in [-0.2, 0) is 12.8 Å². The lowest BCUT2D eigenvalue weighted by Gasteiger charge is -2.17. The van der Waals surface area contributed by atoms with Gasteiger partial charge in [0, 0.05) is 5.56 Å². The zero-order valence-electron chi connectivity index (χ0n) is 11.8. The van der Waals surface area contributed by atoms with E-state index in [1.54, 1.807) is 20.3 Å². The predicted octanol–water partition coefficient (Wildman–Crippen LogP) is 3.57. The van der Waals surface area contributed by atoms with Crippen LogP contribution in [0.5, 0.6) is 17.2 Å². The van der Waals surface area contributed by atoms with Crippen LogP contribution in [0.15, 0.2) is 30.3 Å². The second-order valence-electron chi connectivity index (χ2n) is 5.03. The number of hydrogen-bond donors (Lipinski definition) is 1. The molecular weight excluding hydrogens is 252 g/mol. The summed E-state index contributed by atoms with van der Waals surface area (Å²) in [6.45, 7) is 0. The summed E-state index contributed by atoms with van der Waals surface area (Å²) in [5.74, 6) is 1.83. The molecule has 3 nitrogen and oxygen atoms in total. The third-order valence-electron chi connectivity index (χ3n) is 3.88. The molecule has 0 amide bonds. The Bertz CT molecular complexity index is 647. The smallest absolute Gasteiger partial charge is 0.168 e. The standard InChI is InChI=1S/C17H18O3/c1-19-15-9-6-11-4-3-5-12-10-13(18)7-8-14(12)16(11)17(15)20-2/h6-10,18H,3-5H2,1-2H3. The Morgan fingerprint density at radius 2 is 1.75 bits per heavy atom. The highest BCUT2D eigenvalue weighted by atomic mass is 16.5. The van der Waals surface area contributed by atoms with E-state index in [0.717, 1.165) is 47.5 Å². The topological polar surface area (TPSA) is 38.7 Å². The molecule has 0 aromatic heterocycles. The van der Waals surface area contributed by atoms with E-state index in [0.29, 0.717) is 5.75 Å². The Morgan fingerprint density at radius 3 is 2.50 bits per heavy atom. The highest BCUT2D eigenvalue weighted by Gasteiger charge is 2.21. The fourth-order valence-electron chi connectivity index (χ4n) is 2.97. The summed E-state index contributed by atoms with van der Waals surface area (Å²) in [6, 6.07) is 9.62. The zero-order chi connectivity index (χ0) is 14.1. The maximum Gasteiger partial charge on any atom is 0.168 e. The number of benzene rings is 2. The van der Waals surface area contributed by atoms with Crippen LogP contribution >= 0.6 is 0 Å². The summed E-state index contributed by atoms with van der Waals surface area (Å²) >= 11 is 0. The number of phenols is 1. The number of aryl methyl sites for hydroxylation is 2. The van der Waals surface area contributed by atoms with Crippen LogP contribution in [0.4, 0.5) is 0 Å². The lowest BCUT2D eigenvalue weighted by molar-refractivity contribution is 0.356. The van der Waals surface area contributed by atoms with Crippen LogP contribution in [-0.4, -0.2) is 19.3 Å². The molecule has 3 rings (SSSR count). The predicted molar refractivity (Wildman–Crippen MR) is 78.7 cm³/mol. The van der Waals surface area contributed by atoms with Crippen LogP contribution in [0.1, 0.15) is 17.5 Å². The van der Waals surface area contributed by atoms with Crippen molar-refractivity contribution in [3.63, 3.8) is 0 Å². The molecule has 0 fully saturated rings. The molecule has 0 unspecified atom stereocenters. The third kappa shape index (κ3) is 1.99. The lowest BCUT2D eigenvalue weighted by Crippen LogP contribution is -1.97. The highest BCUT2D eigenvalue weighted by Crippen LogP contribution is 2.44. The minimum absolute atomic E-state index is 0.314. The summed E-state index contributed by atoms with van der Waals surface area (Å²) in [6.07, 6.45) is 3.04. The van der Waals surface area contributed by atoms with E-state index in [2.05, 4.69) is 6.07 Å². The number of fused-ring (bicyclic) bond motifs is 3. The maximum absolute atomic E-state index is 9.70. The van der Waals surface area contributed by atoms with Crippen molar-refractivity contribution < 1.29 is 14.6 Å². The first-order valence-corrected chi connectivity index (χ1v) is 6.80. The zero-order valence-corrected chi connectivity index (χ0v) is 11.8. The summed E-state index contributed by atoms with van der Waals surface area (Å²) in [5.41, 5.74) is 4.66. The van der Waals surface area contributed by atoms with Gasteiger partial charge in [-0.2, -0.15) is 0 Å². The molecule has 20 heavy (non-hydrogen) atoms. The number of aromatic hydroxyl groups is 1. The summed E-state index contributed by atoms with van der Waals surface area (Å²) in [5, 5.41) is 9.70. The Hall–Kier alpha value is -2.16. The van der Waals surface area contributed by atoms with Gasteiger partial charge in [0.2, 0.25) is 0 Å². The van der Waals surface area contributed by atoms with Gasteiger partial charge in [0.1, 0.15) is 5.75 Å². The van der Waals surface area contributed by atoms with E-state index in [9.17, 15) is 5.11 Å². The second-order valence-corrected chi connectivity index (χ2v) is 5.03. The maximum atomic E-state index is 9.70. The van der Waals surface area contributed by atoms with Gasteiger partial charge in [-0.25, -0.2) is 0 Å². The lowest BCUT2D eigenvalue weighted by atomic mass is 9.95. The monoisotopic (exact) mass is 270 g/mol. The fraction of sp³-hybridized carbons (Fsp3) is 0.294. The number of rotatable bonds is 2. The molecule has 0 aliphatic heterocycles. The van der Waals surface area contributed by atoms with Gasteiger partial charge in [-0.1, -0.05) is 12.1 Å². The Labute approximate surface area is 118 Å². The molecule has 1 aliphatic rings. The molecule has 0 saturated heterocycles. The summed E-state index contributed by atoms with van der Waals surface area (Å²) in [7, 11) is 3.32. The number of phenolic OH excluding ortho intramolecular Hbond substituents is 1. The van der Waals surface area contributed by atoms with Gasteiger partial charge in [0.25, 0.3) is 0 Å². The molecule has 0 radical (unpaired) electrons. The van der Waals surface area contributed by atoms with Gasteiger partial charge in [-0.05, 0) is 54.2 Å². The van der Waals surface area contributed by atoms with Crippen molar-refractivity contribution in [3.8, 4) is 28.4 Å². The van der Waals surface area contributed by atoms with Crippen LogP contribution in [0.2, 0.25) is 0 Å². The molecule has 1 N–H and O–H groups in total. The van der Waals surface area contributed by atoms with Crippen molar-refractivity contribution in [2.45, 2.75) is 19.3 Å². The number of methoxy groups -OCH3 is 2. The van der Waals surface area contributed by atoms with Crippen molar-refractivity contribution in [3.05, 3.63) is 41.5 Å². The molecule has 2 aromatic carbocycles. The molecule has 0 spiro atoms. The first-order valence-electron chi connectivity index (χ1n) is 6.80. The molecule has 1 aliphatic carbocycles. The minimum atomic E-state index is 0.314. The van der Waals surface area contributed by atoms with E-state index in [4.69, 9.17) is 9.47 Å². The van der Waals surface area contributed by atoms with Crippen LogP contribution in [0.3, 0.4) is 0 Å². The third-order valence-corrected chi connectivity index (χ3v) is 3.88. The van der Waals surface area contributed by atoms with Crippen molar-refractivity contribution in [2.75, 3.05) is 14.2 Å². The highest BCUT2D eigenvalue weighted by molar-refractivity contribution is 5.80. The van der Waals surface area contributed by atoms with Gasteiger partial charge >= 0.3 is 0 Å². The largest absolute Gasteiger partial charge is 0.508 e. The molecule has 3 heteroatoms. The average Bonchev–Trinajstić information content (AvgIpc) is 2.64. The molecule has 0 bridgehead atoms. The van der Waals surface area contributed by atoms with Gasteiger partial charge < -0.3 is 14.6 Å². The van der Waals surface area contributed by atoms with E-state index < -0.39 is 0 Å². The van der Waals surface area contributed by atoms with Gasteiger partial charge in [0.15, 0.2) is 11.5 Å². The Balaban J connectivity index is 2.31. The first-order chi connectivity index (χ1) is 9.74. The first kappa shape index (κ1) is 12.9. The molecular formula is C17H18O3. The molecule has 0 atom stereocenters. The summed E-state index contributed by atoms with van der Waals surface area (Å²) in [4.78, 5) is 0. The SMILES string of the molecule is COc1ccc2c(c1OC)-c1ccc(O)cc1CCC2. The Morgan fingerprint density at radius 1 is 0.950 bits per heavy atom. The molecule has 0 saturated carbocycles. The minimum Gasteiger partial charge on any atom is -0.508 e. The van der Waals surface area contributed by atoms with Gasteiger partial charge in [-0.3, -0.25) is 0 Å². The van der Waals surface area contributed by atoms with E-state index in [-0.39, 0.29) is 0 Å². The second kappa shape index (κ2) is 5.08. The fourth-order valence-corrected chi connectivity index (χ4v) is 2.97. The van der Waals surface area contributed by atoms with Crippen molar-refractivity contribution >= 4 is 0 Å². The van der Waals surface area contributed by atoms with E-state index in [1.807, 2.05) is 18.2 Å².